The molecule has 2 nitrogen and oxygen atoms in total. The molecule has 2 aromatic rings. The third kappa shape index (κ3) is 4.51. The molecule has 0 aromatic heterocycles. The van der Waals surface area contributed by atoms with E-state index in [4.69, 9.17) is 16.3 Å². The minimum atomic E-state index is -4.34. The molecule has 1 unspecified atom stereocenters. The van der Waals surface area contributed by atoms with Gasteiger partial charge in [0.25, 0.3) is 0 Å². The number of alkyl halides is 4. The van der Waals surface area contributed by atoms with Crippen molar-refractivity contribution in [1.82, 2.24) is 0 Å². The van der Waals surface area contributed by atoms with Crippen molar-refractivity contribution >= 4 is 22.4 Å². The second-order valence-corrected chi connectivity index (χ2v) is 5.10. The lowest BCUT2D eigenvalue weighted by atomic mass is 10.0. The molecule has 0 saturated carbocycles. The van der Waals surface area contributed by atoms with Crippen molar-refractivity contribution in [2.75, 3.05) is 20.3 Å². The molecule has 6 heteroatoms. The lowest BCUT2D eigenvalue weighted by molar-refractivity contribution is -0.173. The Morgan fingerprint density at radius 2 is 1.76 bits per heavy atom. The van der Waals surface area contributed by atoms with Crippen molar-refractivity contribution in [1.29, 1.82) is 0 Å². The van der Waals surface area contributed by atoms with Crippen LogP contribution in [-0.2, 0) is 4.74 Å². The highest BCUT2D eigenvalue weighted by Gasteiger charge is 2.27. The zero-order valence-corrected chi connectivity index (χ0v) is 12.0. The number of methoxy groups -OCH3 is 1. The van der Waals surface area contributed by atoms with Crippen molar-refractivity contribution in [2.24, 2.45) is 0 Å². The first kappa shape index (κ1) is 15.9. The van der Waals surface area contributed by atoms with E-state index in [2.05, 4.69) is 4.74 Å². The van der Waals surface area contributed by atoms with Crippen LogP contribution in [0.25, 0.3) is 10.8 Å². The topological polar surface area (TPSA) is 18.5 Å². The standard InChI is InChI=1S/C15H14ClF3O2/c1-20-13-5-4-10-6-12(3-2-11(10)7-13)14(16)8-21-9-15(17,18)19/h2-7,14H,8-9H2,1H3. The molecular formula is C15H14ClF3O2. The minimum Gasteiger partial charge on any atom is -0.497 e. The van der Waals surface area contributed by atoms with Gasteiger partial charge in [-0.15, -0.1) is 11.6 Å². The molecule has 0 saturated heterocycles. The van der Waals surface area contributed by atoms with Crippen molar-refractivity contribution < 1.29 is 22.6 Å². The maximum absolute atomic E-state index is 12.0. The van der Waals surface area contributed by atoms with Crippen LogP contribution < -0.4 is 4.74 Å². The Balaban J connectivity index is 2.08. The van der Waals surface area contributed by atoms with Gasteiger partial charge in [0, 0.05) is 0 Å². The largest absolute Gasteiger partial charge is 0.497 e. The molecule has 0 radical (unpaired) electrons. The van der Waals surface area contributed by atoms with E-state index in [0.717, 1.165) is 22.1 Å². The molecule has 0 fully saturated rings. The molecule has 2 rings (SSSR count). The summed E-state index contributed by atoms with van der Waals surface area (Å²) in [6.45, 7) is -1.48. The second-order valence-electron chi connectivity index (χ2n) is 4.57. The molecule has 0 aliphatic heterocycles. The van der Waals surface area contributed by atoms with E-state index >= 15 is 0 Å². The van der Waals surface area contributed by atoms with E-state index in [0.29, 0.717) is 0 Å². The molecule has 1 atom stereocenters. The highest BCUT2D eigenvalue weighted by molar-refractivity contribution is 6.21. The second kappa shape index (κ2) is 6.54. The first-order valence-corrected chi connectivity index (χ1v) is 6.69. The van der Waals surface area contributed by atoms with Crippen molar-refractivity contribution in [2.45, 2.75) is 11.6 Å². The quantitative estimate of drug-likeness (QED) is 0.743. The van der Waals surface area contributed by atoms with Gasteiger partial charge in [0.2, 0.25) is 0 Å². The summed E-state index contributed by atoms with van der Waals surface area (Å²) in [7, 11) is 1.59. The average molecular weight is 319 g/mol. The molecule has 0 spiro atoms. The molecular weight excluding hydrogens is 305 g/mol. The molecule has 114 valence electrons. The highest BCUT2D eigenvalue weighted by atomic mass is 35.5. The minimum absolute atomic E-state index is 0.192. The normalized spacial score (nSPS) is 13.4. The van der Waals surface area contributed by atoms with E-state index in [1.807, 2.05) is 30.3 Å². The Labute approximate surface area is 125 Å². The van der Waals surface area contributed by atoms with E-state index in [9.17, 15) is 13.2 Å². The van der Waals surface area contributed by atoms with E-state index in [-0.39, 0.29) is 6.61 Å². The van der Waals surface area contributed by atoms with Gasteiger partial charge in [0.1, 0.15) is 12.4 Å². The summed E-state index contributed by atoms with van der Waals surface area (Å²) >= 11 is 6.08. The Morgan fingerprint density at radius 1 is 1.10 bits per heavy atom. The lowest BCUT2D eigenvalue weighted by Crippen LogP contribution is -2.18. The fourth-order valence-electron chi connectivity index (χ4n) is 1.94. The number of ether oxygens (including phenoxy) is 2. The number of hydrogen-bond acceptors (Lipinski definition) is 2. The molecule has 0 N–H and O–H groups in total. The summed E-state index contributed by atoms with van der Waals surface area (Å²) in [5.41, 5.74) is 0.719. The summed E-state index contributed by atoms with van der Waals surface area (Å²) in [6, 6.07) is 11.0. The van der Waals surface area contributed by atoms with Crippen molar-refractivity contribution in [3.63, 3.8) is 0 Å². The summed E-state index contributed by atoms with van der Waals surface area (Å²) in [4.78, 5) is 0. The molecule has 0 aliphatic rings. The van der Waals surface area contributed by atoms with Crippen LogP contribution in [0.5, 0.6) is 5.75 Å². The fourth-order valence-corrected chi connectivity index (χ4v) is 2.16. The predicted octanol–water partition coefficient (Wildman–Crippen LogP) is 4.71. The number of halogens is 4. The van der Waals surface area contributed by atoms with Crippen LogP contribution in [0.2, 0.25) is 0 Å². The molecule has 0 aliphatic carbocycles. The summed E-state index contributed by atoms with van der Waals surface area (Å²) in [5.74, 6) is 0.742. The van der Waals surface area contributed by atoms with Gasteiger partial charge >= 0.3 is 6.18 Å². The van der Waals surface area contributed by atoms with E-state index < -0.39 is 18.2 Å². The Bertz CT molecular complexity index is 613. The van der Waals surface area contributed by atoms with Crippen LogP contribution in [0, 0.1) is 0 Å². The number of fused-ring (bicyclic) bond motifs is 1. The summed E-state index contributed by atoms with van der Waals surface area (Å²) < 4.78 is 45.7. The first-order chi connectivity index (χ1) is 9.89. The van der Waals surface area contributed by atoms with Crippen LogP contribution >= 0.6 is 11.6 Å². The summed E-state index contributed by atoms with van der Waals surface area (Å²) in [6.07, 6.45) is -4.34. The van der Waals surface area contributed by atoms with E-state index in [1.54, 1.807) is 13.2 Å². The van der Waals surface area contributed by atoms with Crippen LogP contribution in [0.15, 0.2) is 36.4 Å². The number of rotatable bonds is 5. The van der Waals surface area contributed by atoms with Crippen LogP contribution in [0.4, 0.5) is 13.2 Å². The molecule has 0 bridgehead atoms. The van der Waals surface area contributed by atoms with Crippen LogP contribution in [0.3, 0.4) is 0 Å². The average Bonchev–Trinajstić information content (AvgIpc) is 2.44. The first-order valence-electron chi connectivity index (χ1n) is 6.25. The van der Waals surface area contributed by atoms with Gasteiger partial charge < -0.3 is 9.47 Å². The third-order valence-corrected chi connectivity index (χ3v) is 3.34. The maximum atomic E-state index is 12.0. The molecule has 21 heavy (non-hydrogen) atoms. The van der Waals surface area contributed by atoms with Gasteiger partial charge in [-0.2, -0.15) is 13.2 Å². The van der Waals surface area contributed by atoms with Gasteiger partial charge in [-0.05, 0) is 34.5 Å². The third-order valence-electron chi connectivity index (χ3n) is 2.96. The molecule has 2 aromatic carbocycles. The van der Waals surface area contributed by atoms with Gasteiger partial charge in [0.15, 0.2) is 0 Å². The van der Waals surface area contributed by atoms with Gasteiger partial charge in [-0.1, -0.05) is 18.2 Å². The summed E-state index contributed by atoms with van der Waals surface area (Å²) in [5, 5.41) is 1.28. The van der Waals surface area contributed by atoms with Gasteiger partial charge in [-0.25, -0.2) is 0 Å². The Hall–Kier alpha value is -1.46. The zero-order valence-electron chi connectivity index (χ0n) is 11.3. The maximum Gasteiger partial charge on any atom is 0.411 e. The Morgan fingerprint density at radius 3 is 2.43 bits per heavy atom. The van der Waals surface area contributed by atoms with Crippen molar-refractivity contribution in [3.05, 3.63) is 42.0 Å². The predicted molar refractivity (Wildman–Crippen MR) is 76.0 cm³/mol. The van der Waals surface area contributed by atoms with Crippen molar-refractivity contribution in [3.8, 4) is 5.75 Å². The number of hydrogen-bond donors (Lipinski definition) is 0. The number of benzene rings is 2. The van der Waals surface area contributed by atoms with Crippen LogP contribution in [-0.4, -0.2) is 26.5 Å². The van der Waals surface area contributed by atoms with Crippen LogP contribution in [0.1, 0.15) is 10.9 Å². The lowest BCUT2D eigenvalue weighted by Gasteiger charge is -2.13. The zero-order chi connectivity index (χ0) is 15.5. The molecule has 0 amide bonds. The smallest absolute Gasteiger partial charge is 0.411 e. The highest BCUT2D eigenvalue weighted by Crippen LogP contribution is 2.27. The monoisotopic (exact) mass is 318 g/mol. The molecule has 0 heterocycles. The SMILES string of the molecule is COc1ccc2cc(C(Cl)COCC(F)(F)F)ccc2c1. The van der Waals surface area contributed by atoms with Gasteiger partial charge in [0.05, 0.1) is 19.1 Å². The van der Waals surface area contributed by atoms with E-state index in [1.165, 1.54) is 0 Å². The Kier molecular flexibility index (Phi) is 4.96. The van der Waals surface area contributed by atoms with Gasteiger partial charge in [-0.3, -0.25) is 0 Å². The fraction of sp³-hybridized carbons (Fsp3) is 0.333.